The van der Waals surface area contributed by atoms with Crippen LogP contribution in [0.5, 0.6) is 0 Å². The number of carbonyl (C=O) groups excluding carboxylic acids is 1. The monoisotopic (exact) mass is 262 g/mol. The fourth-order valence-electron chi connectivity index (χ4n) is 1.76. The van der Waals surface area contributed by atoms with E-state index in [1.54, 1.807) is 6.08 Å². The lowest BCUT2D eigenvalue weighted by molar-refractivity contribution is -0.134. The normalized spacial score (nSPS) is 19.4. The van der Waals surface area contributed by atoms with E-state index in [4.69, 9.17) is 9.47 Å². The number of esters is 1. The Labute approximate surface area is 113 Å². The van der Waals surface area contributed by atoms with Gasteiger partial charge in [0.05, 0.1) is 26.4 Å². The summed E-state index contributed by atoms with van der Waals surface area (Å²) in [5.41, 5.74) is 2.00. The summed E-state index contributed by atoms with van der Waals surface area (Å²) in [6.07, 6.45) is 3.37. The SMILES string of the molecule is COC(=O)/C=C/c1ccccc1[C@@H](C)OC[C@H]1CO1. The Bertz CT molecular complexity index is 463. The van der Waals surface area contributed by atoms with Crippen LogP contribution in [0, 0.1) is 0 Å². The molecule has 0 N–H and O–H groups in total. The van der Waals surface area contributed by atoms with Gasteiger partial charge < -0.3 is 14.2 Å². The Hall–Kier alpha value is -1.65. The maximum atomic E-state index is 11.1. The molecule has 4 nitrogen and oxygen atoms in total. The van der Waals surface area contributed by atoms with Gasteiger partial charge in [-0.1, -0.05) is 24.3 Å². The molecule has 1 aromatic carbocycles. The molecule has 102 valence electrons. The van der Waals surface area contributed by atoms with Crippen LogP contribution in [0.2, 0.25) is 0 Å². The lowest BCUT2D eigenvalue weighted by Crippen LogP contribution is -2.07. The molecular formula is C15H18O4. The third kappa shape index (κ3) is 4.19. The molecule has 1 aromatic rings. The average molecular weight is 262 g/mol. The predicted octanol–water partition coefficient (Wildman–Crippen LogP) is 2.35. The van der Waals surface area contributed by atoms with Crippen molar-refractivity contribution >= 4 is 12.0 Å². The van der Waals surface area contributed by atoms with Crippen molar-refractivity contribution in [2.45, 2.75) is 19.1 Å². The summed E-state index contributed by atoms with van der Waals surface area (Å²) >= 11 is 0. The van der Waals surface area contributed by atoms with Gasteiger partial charge in [0.25, 0.3) is 0 Å². The topological polar surface area (TPSA) is 48.1 Å². The first-order chi connectivity index (χ1) is 9.20. The highest BCUT2D eigenvalue weighted by Crippen LogP contribution is 2.23. The standard InChI is InChI=1S/C15H18O4/c1-11(18-9-13-10-19-13)14-6-4-3-5-12(14)7-8-15(16)17-2/h3-8,11,13H,9-10H2,1-2H3/b8-7+/t11-,13+/m1/s1. The third-order valence-corrected chi connectivity index (χ3v) is 2.97. The van der Waals surface area contributed by atoms with Gasteiger partial charge in [0.1, 0.15) is 6.10 Å². The highest BCUT2D eigenvalue weighted by Gasteiger charge is 2.23. The van der Waals surface area contributed by atoms with Crippen LogP contribution in [0.15, 0.2) is 30.3 Å². The van der Waals surface area contributed by atoms with Crippen LogP contribution in [-0.4, -0.2) is 32.4 Å². The van der Waals surface area contributed by atoms with Gasteiger partial charge in [-0.3, -0.25) is 0 Å². The van der Waals surface area contributed by atoms with E-state index in [9.17, 15) is 4.79 Å². The minimum atomic E-state index is -0.366. The van der Waals surface area contributed by atoms with Crippen LogP contribution >= 0.6 is 0 Å². The van der Waals surface area contributed by atoms with Gasteiger partial charge in [0.2, 0.25) is 0 Å². The van der Waals surface area contributed by atoms with Crippen LogP contribution in [0.4, 0.5) is 0 Å². The number of hydrogen-bond donors (Lipinski definition) is 0. The van der Waals surface area contributed by atoms with Crippen LogP contribution in [-0.2, 0) is 19.0 Å². The molecule has 0 amide bonds. The van der Waals surface area contributed by atoms with Gasteiger partial charge in [0, 0.05) is 6.08 Å². The van der Waals surface area contributed by atoms with E-state index in [2.05, 4.69) is 4.74 Å². The van der Waals surface area contributed by atoms with Crippen molar-refractivity contribution in [2.75, 3.05) is 20.3 Å². The Morgan fingerprint density at radius 2 is 2.26 bits per heavy atom. The highest BCUT2D eigenvalue weighted by atomic mass is 16.6. The van der Waals surface area contributed by atoms with E-state index in [1.807, 2.05) is 31.2 Å². The van der Waals surface area contributed by atoms with Gasteiger partial charge >= 0.3 is 5.97 Å². The largest absolute Gasteiger partial charge is 0.466 e. The smallest absolute Gasteiger partial charge is 0.330 e. The second-order valence-electron chi connectivity index (χ2n) is 4.42. The molecule has 2 rings (SSSR count). The number of ether oxygens (including phenoxy) is 3. The molecule has 1 saturated heterocycles. The molecule has 1 heterocycles. The number of carbonyl (C=O) groups is 1. The minimum Gasteiger partial charge on any atom is -0.466 e. The maximum Gasteiger partial charge on any atom is 0.330 e. The average Bonchev–Trinajstić information content (AvgIpc) is 3.26. The summed E-state index contributed by atoms with van der Waals surface area (Å²) in [7, 11) is 1.36. The molecule has 0 saturated carbocycles. The van der Waals surface area contributed by atoms with Gasteiger partial charge in [-0.15, -0.1) is 0 Å². The van der Waals surface area contributed by atoms with E-state index >= 15 is 0 Å². The molecule has 0 bridgehead atoms. The second kappa shape index (κ2) is 6.50. The van der Waals surface area contributed by atoms with Crippen molar-refractivity contribution in [3.05, 3.63) is 41.5 Å². The van der Waals surface area contributed by atoms with E-state index < -0.39 is 0 Å². The van der Waals surface area contributed by atoms with Gasteiger partial charge in [0.15, 0.2) is 0 Å². The lowest BCUT2D eigenvalue weighted by atomic mass is 10.0. The lowest BCUT2D eigenvalue weighted by Gasteiger charge is -2.15. The van der Waals surface area contributed by atoms with Gasteiger partial charge in [-0.05, 0) is 24.1 Å². The first-order valence-corrected chi connectivity index (χ1v) is 6.29. The molecule has 4 heteroatoms. The summed E-state index contributed by atoms with van der Waals surface area (Å²) in [6, 6.07) is 7.83. The number of hydrogen-bond acceptors (Lipinski definition) is 4. The van der Waals surface area contributed by atoms with Crippen LogP contribution < -0.4 is 0 Å². The number of epoxide rings is 1. The summed E-state index contributed by atoms with van der Waals surface area (Å²) in [5.74, 6) is -0.366. The van der Waals surface area contributed by atoms with Crippen LogP contribution in [0.25, 0.3) is 6.08 Å². The van der Waals surface area contributed by atoms with Crippen molar-refractivity contribution in [3.63, 3.8) is 0 Å². The van der Waals surface area contributed by atoms with Crippen LogP contribution in [0.3, 0.4) is 0 Å². The van der Waals surface area contributed by atoms with Crippen molar-refractivity contribution in [2.24, 2.45) is 0 Å². The molecule has 2 atom stereocenters. The summed E-state index contributed by atoms with van der Waals surface area (Å²) < 4.78 is 15.5. The molecular weight excluding hydrogens is 244 g/mol. The maximum absolute atomic E-state index is 11.1. The van der Waals surface area contributed by atoms with Crippen molar-refractivity contribution in [1.29, 1.82) is 0 Å². The molecule has 0 spiro atoms. The molecule has 1 aliphatic heterocycles. The van der Waals surface area contributed by atoms with E-state index in [0.29, 0.717) is 6.61 Å². The summed E-state index contributed by atoms with van der Waals surface area (Å²) in [5, 5.41) is 0. The molecule has 0 aliphatic carbocycles. The predicted molar refractivity (Wildman–Crippen MR) is 71.6 cm³/mol. The molecule has 19 heavy (non-hydrogen) atoms. The van der Waals surface area contributed by atoms with Crippen LogP contribution in [0.1, 0.15) is 24.2 Å². The number of rotatable bonds is 6. The molecule has 1 aliphatic rings. The van der Waals surface area contributed by atoms with Gasteiger partial charge in [-0.2, -0.15) is 0 Å². The van der Waals surface area contributed by atoms with Gasteiger partial charge in [-0.25, -0.2) is 4.79 Å². The van der Waals surface area contributed by atoms with Crippen molar-refractivity contribution in [3.8, 4) is 0 Å². The zero-order chi connectivity index (χ0) is 13.7. The molecule has 0 aromatic heterocycles. The Morgan fingerprint density at radius 1 is 1.53 bits per heavy atom. The fraction of sp³-hybridized carbons (Fsp3) is 0.400. The van der Waals surface area contributed by atoms with Crippen molar-refractivity contribution < 1.29 is 19.0 Å². The fourth-order valence-corrected chi connectivity index (χ4v) is 1.76. The molecule has 1 fully saturated rings. The quantitative estimate of drug-likeness (QED) is 0.448. The highest BCUT2D eigenvalue weighted by molar-refractivity contribution is 5.87. The Morgan fingerprint density at radius 3 is 2.95 bits per heavy atom. The summed E-state index contributed by atoms with van der Waals surface area (Å²) in [4.78, 5) is 11.1. The minimum absolute atomic E-state index is 0.0392. The van der Waals surface area contributed by atoms with E-state index in [1.165, 1.54) is 13.2 Å². The van der Waals surface area contributed by atoms with E-state index in [-0.39, 0.29) is 18.2 Å². The van der Waals surface area contributed by atoms with E-state index in [0.717, 1.165) is 17.7 Å². The number of benzene rings is 1. The zero-order valence-electron chi connectivity index (χ0n) is 11.2. The number of methoxy groups -OCH3 is 1. The Balaban J connectivity index is 2.05. The third-order valence-electron chi connectivity index (χ3n) is 2.97. The first kappa shape index (κ1) is 13.8. The Kier molecular flexibility index (Phi) is 4.71. The first-order valence-electron chi connectivity index (χ1n) is 6.29. The second-order valence-corrected chi connectivity index (χ2v) is 4.42. The summed E-state index contributed by atoms with van der Waals surface area (Å²) in [6.45, 7) is 3.39. The molecule has 0 radical (unpaired) electrons. The van der Waals surface area contributed by atoms with Crippen molar-refractivity contribution in [1.82, 2.24) is 0 Å². The molecule has 0 unspecified atom stereocenters. The zero-order valence-corrected chi connectivity index (χ0v) is 11.2.